The second-order valence-corrected chi connectivity index (χ2v) is 6.58. The van der Waals surface area contributed by atoms with Gasteiger partial charge in [0.05, 0.1) is 11.6 Å². The molecule has 0 aliphatic rings. The van der Waals surface area contributed by atoms with Gasteiger partial charge in [-0.15, -0.1) is 11.6 Å². The van der Waals surface area contributed by atoms with E-state index in [9.17, 15) is 8.42 Å². The second kappa shape index (κ2) is 5.89. The first kappa shape index (κ1) is 14.9. The summed E-state index contributed by atoms with van der Waals surface area (Å²) >= 11 is 5.71. The van der Waals surface area contributed by atoms with Crippen molar-refractivity contribution in [3.8, 4) is 0 Å². The first-order valence-electron chi connectivity index (χ1n) is 6.32. The zero-order valence-electron chi connectivity index (χ0n) is 11.4. The number of hydrogen-bond acceptors (Lipinski definition) is 2. The average Bonchev–Trinajstić information content (AvgIpc) is 2.91. The van der Waals surface area contributed by atoms with Gasteiger partial charge in [0.1, 0.15) is 4.90 Å². The predicted molar refractivity (Wildman–Crippen MR) is 81.7 cm³/mol. The number of alkyl halides is 1. The quantitative estimate of drug-likeness (QED) is 0.861. The summed E-state index contributed by atoms with van der Waals surface area (Å²) in [6.07, 6.45) is 1.48. The molecule has 0 aliphatic carbocycles. The number of nitrogens with one attached hydrogen (secondary N) is 1. The van der Waals surface area contributed by atoms with E-state index in [0.29, 0.717) is 17.9 Å². The number of benzene rings is 1. The van der Waals surface area contributed by atoms with Crippen LogP contribution in [0.4, 0.5) is 5.69 Å². The van der Waals surface area contributed by atoms with E-state index in [1.165, 1.54) is 10.5 Å². The fourth-order valence-electron chi connectivity index (χ4n) is 2.09. The van der Waals surface area contributed by atoms with Gasteiger partial charge in [-0.05, 0) is 31.5 Å². The van der Waals surface area contributed by atoms with Crippen LogP contribution in [0.5, 0.6) is 0 Å². The van der Waals surface area contributed by atoms with Crippen molar-refractivity contribution in [3.05, 3.63) is 47.8 Å². The summed E-state index contributed by atoms with van der Waals surface area (Å²) in [5, 5.41) is 0. The zero-order chi connectivity index (χ0) is 14.8. The summed E-state index contributed by atoms with van der Waals surface area (Å²) in [5.74, 6) is 0.256. The number of H-pyrrole nitrogens is 1. The number of halogens is 1. The highest BCUT2D eigenvalue weighted by molar-refractivity contribution is 7.92. The molecule has 0 spiro atoms. The van der Waals surface area contributed by atoms with Gasteiger partial charge < -0.3 is 4.98 Å². The van der Waals surface area contributed by atoms with E-state index in [0.717, 1.165) is 5.56 Å². The number of rotatable bonds is 5. The average molecular weight is 313 g/mol. The maximum absolute atomic E-state index is 12.7. The minimum atomic E-state index is -3.57. The Morgan fingerprint density at radius 3 is 2.55 bits per heavy atom. The smallest absolute Gasteiger partial charge is 0.265 e. The molecule has 0 saturated heterocycles. The van der Waals surface area contributed by atoms with Gasteiger partial charge in [0.15, 0.2) is 0 Å². The fourth-order valence-corrected chi connectivity index (χ4v) is 3.80. The standard InChI is InChI=1S/C14H17ClN2O2S/c1-3-17(14-7-5-4-6-11(14)2)20(18,19)13-8-12(9-15)16-10-13/h4-8,10,16H,3,9H2,1-2H3. The number of aromatic nitrogens is 1. The Morgan fingerprint density at radius 1 is 1.30 bits per heavy atom. The van der Waals surface area contributed by atoms with Crippen molar-refractivity contribution >= 4 is 27.3 Å². The molecule has 0 radical (unpaired) electrons. The lowest BCUT2D eigenvalue weighted by Crippen LogP contribution is -2.31. The molecular weight excluding hydrogens is 296 g/mol. The molecule has 0 amide bonds. The predicted octanol–water partition coefficient (Wildman–Crippen LogP) is 3.28. The van der Waals surface area contributed by atoms with Crippen molar-refractivity contribution in [2.45, 2.75) is 24.6 Å². The van der Waals surface area contributed by atoms with Crippen LogP contribution >= 0.6 is 11.6 Å². The van der Waals surface area contributed by atoms with E-state index in [4.69, 9.17) is 11.6 Å². The van der Waals surface area contributed by atoms with Crippen LogP contribution in [0.2, 0.25) is 0 Å². The largest absolute Gasteiger partial charge is 0.363 e. The number of nitrogens with zero attached hydrogens (tertiary/aromatic N) is 1. The number of aromatic amines is 1. The van der Waals surface area contributed by atoms with E-state index >= 15 is 0 Å². The van der Waals surface area contributed by atoms with Crippen LogP contribution in [0.3, 0.4) is 0 Å². The molecule has 0 aliphatic heterocycles. The SMILES string of the molecule is CCN(c1ccccc1C)S(=O)(=O)c1c[nH]c(CCl)c1. The Hall–Kier alpha value is -1.46. The van der Waals surface area contributed by atoms with Crippen molar-refractivity contribution in [1.29, 1.82) is 0 Å². The number of anilines is 1. The lowest BCUT2D eigenvalue weighted by molar-refractivity contribution is 0.592. The van der Waals surface area contributed by atoms with E-state index in [1.54, 1.807) is 6.07 Å². The highest BCUT2D eigenvalue weighted by Crippen LogP contribution is 2.26. The Morgan fingerprint density at radius 2 is 2.00 bits per heavy atom. The van der Waals surface area contributed by atoms with Crippen LogP contribution in [0.15, 0.2) is 41.4 Å². The van der Waals surface area contributed by atoms with Gasteiger partial charge in [-0.3, -0.25) is 4.31 Å². The second-order valence-electron chi connectivity index (χ2n) is 4.45. The Balaban J connectivity index is 2.48. The van der Waals surface area contributed by atoms with E-state index in [1.807, 2.05) is 38.1 Å². The van der Waals surface area contributed by atoms with Crippen LogP contribution in [0.25, 0.3) is 0 Å². The highest BCUT2D eigenvalue weighted by atomic mass is 35.5. The van der Waals surface area contributed by atoms with Crippen molar-refractivity contribution < 1.29 is 8.42 Å². The molecule has 0 fully saturated rings. The van der Waals surface area contributed by atoms with Crippen LogP contribution in [0, 0.1) is 6.92 Å². The van der Waals surface area contributed by atoms with Crippen LogP contribution < -0.4 is 4.31 Å². The van der Waals surface area contributed by atoms with E-state index < -0.39 is 10.0 Å². The molecule has 0 unspecified atom stereocenters. The maximum atomic E-state index is 12.7. The van der Waals surface area contributed by atoms with Gasteiger partial charge in [-0.25, -0.2) is 8.42 Å². The summed E-state index contributed by atoms with van der Waals surface area (Å²) in [5.41, 5.74) is 2.31. The Labute approximate surface area is 124 Å². The summed E-state index contributed by atoms with van der Waals surface area (Å²) in [6.45, 7) is 4.09. The monoisotopic (exact) mass is 312 g/mol. The molecule has 0 bridgehead atoms. The molecule has 1 aromatic heterocycles. The van der Waals surface area contributed by atoms with Crippen LogP contribution in [-0.4, -0.2) is 19.9 Å². The Kier molecular flexibility index (Phi) is 4.40. The molecule has 1 N–H and O–H groups in total. The van der Waals surface area contributed by atoms with Gasteiger partial charge in [0, 0.05) is 18.4 Å². The molecule has 4 nitrogen and oxygen atoms in total. The van der Waals surface area contributed by atoms with Crippen molar-refractivity contribution in [1.82, 2.24) is 4.98 Å². The van der Waals surface area contributed by atoms with Gasteiger partial charge in [0.25, 0.3) is 10.0 Å². The molecule has 6 heteroatoms. The number of para-hydroxylation sites is 1. The lowest BCUT2D eigenvalue weighted by atomic mass is 10.2. The Bertz CT molecular complexity index is 695. The first-order valence-corrected chi connectivity index (χ1v) is 8.29. The zero-order valence-corrected chi connectivity index (χ0v) is 13.0. The molecule has 1 heterocycles. The lowest BCUT2D eigenvalue weighted by Gasteiger charge is -2.23. The molecule has 1 aromatic carbocycles. The van der Waals surface area contributed by atoms with Crippen LogP contribution in [0.1, 0.15) is 18.2 Å². The molecule has 0 atom stereocenters. The molecule has 108 valence electrons. The normalized spacial score (nSPS) is 11.6. The molecule has 0 saturated carbocycles. The first-order chi connectivity index (χ1) is 9.50. The molecule has 2 aromatic rings. The minimum Gasteiger partial charge on any atom is -0.363 e. The third-order valence-electron chi connectivity index (χ3n) is 3.12. The van der Waals surface area contributed by atoms with Gasteiger partial charge in [-0.1, -0.05) is 18.2 Å². The molecule has 2 rings (SSSR count). The van der Waals surface area contributed by atoms with Crippen molar-refractivity contribution in [2.24, 2.45) is 0 Å². The fraction of sp³-hybridized carbons (Fsp3) is 0.286. The molecule has 20 heavy (non-hydrogen) atoms. The van der Waals surface area contributed by atoms with E-state index in [2.05, 4.69) is 4.98 Å². The van der Waals surface area contributed by atoms with Gasteiger partial charge in [-0.2, -0.15) is 0 Å². The molecular formula is C14H17ClN2O2S. The van der Waals surface area contributed by atoms with Crippen LogP contribution in [-0.2, 0) is 15.9 Å². The summed E-state index contributed by atoms with van der Waals surface area (Å²) in [7, 11) is -3.57. The number of sulfonamides is 1. The maximum Gasteiger partial charge on any atom is 0.265 e. The third-order valence-corrected chi connectivity index (χ3v) is 5.27. The summed E-state index contributed by atoms with van der Waals surface area (Å²) in [6, 6.07) is 9.01. The van der Waals surface area contributed by atoms with Gasteiger partial charge >= 0.3 is 0 Å². The van der Waals surface area contributed by atoms with Crippen molar-refractivity contribution in [2.75, 3.05) is 10.8 Å². The third kappa shape index (κ3) is 2.69. The number of aryl methyl sites for hydroxylation is 1. The topological polar surface area (TPSA) is 53.2 Å². The highest BCUT2D eigenvalue weighted by Gasteiger charge is 2.25. The van der Waals surface area contributed by atoms with Crippen molar-refractivity contribution in [3.63, 3.8) is 0 Å². The number of hydrogen-bond donors (Lipinski definition) is 1. The summed E-state index contributed by atoms with van der Waals surface area (Å²) < 4.78 is 26.8. The minimum absolute atomic E-state index is 0.234. The summed E-state index contributed by atoms with van der Waals surface area (Å²) in [4.78, 5) is 3.10. The van der Waals surface area contributed by atoms with Gasteiger partial charge in [0.2, 0.25) is 0 Å². The van der Waals surface area contributed by atoms with E-state index in [-0.39, 0.29) is 10.8 Å².